The molecule has 3 heterocycles. The van der Waals surface area contributed by atoms with Crippen molar-refractivity contribution in [3.63, 3.8) is 0 Å². The second-order valence-electron chi connectivity index (χ2n) is 5.30. The molecular formula is C16H16N4. The van der Waals surface area contributed by atoms with Crippen LogP contribution in [0.25, 0.3) is 11.0 Å². The van der Waals surface area contributed by atoms with E-state index in [2.05, 4.69) is 45.2 Å². The minimum absolute atomic E-state index is 0.928. The fraction of sp³-hybridized carbons (Fsp3) is 0.250. The first-order valence-corrected chi connectivity index (χ1v) is 6.91. The van der Waals surface area contributed by atoms with Crippen molar-refractivity contribution in [2.24, 2.45) is 7.05 Å². The summed E-state index contributed by atoms with van der Waals surface area (Å²) in [6.07, 6.45) is 4.79. The second-order valence-corrected chi connectivity index (χ2v) is 5.30. The number of aryl methyl sites for hydroxylation is 1. The molecule has 0 N–H and O–H groups in total. The van der Waals surface area contributed by atoms with Crippen LogP contribution in [-0.2, 0) is 20.0 Å². The maximum absolute atomic E-state index is 4.52. The maximum atomic E-state index is 4.52. The van der Waals surface area contributed by atoms with Crippen LogP contribution in [0.2, 0.25) is 0 Å². The van der Waals surface area contributed by atoms with Crippen LogP contribution in [0.5, 0.6) is 0 Å². The van der Waals surface area contributed by atoms with E-state index in [9.17, 15) is 0 Å². The molecule has 0 fully saturated rings. The number of hydrogen-bond donors (Lipinski definition) is 0. The first-order chi connectivity index (χ1) is 9.83. The fourth-order valence-electron chi connectivity index (χ4n) is 2.99. The molecule has 1 aromatic carbocycles. The summed E-state index contributed by atoms with van der Waals surface area (Å²) in [5, 5.41) is 1.13. The number of aromatic nitrogens is 3. The predicted octanol–water partition coefficient (Wildman–Crippen LogP) is 2.53. The highest BCUT2D eigenvalue weighted by atomic mass is 15.2. The molecule has 100 valence electrons. The van der Waals surface area contributed by atoms with E-state index >= 15 is 0 Å². The number of fused-ring (bicyclic) bond motifs is 2. The first kappa shape index (κ1) is 11.5. The smallest absolute Gasteiger partial charge is 0.145 e. The van der Waals surface area contributed by atoms with Crippen molar-refractivity contribution in [2.75, 3.05) is 11.4 Å². The van der Waals surface area contributed by atoms with Crippen molar-refractivity contribution in [3.05, 3.63) is 54.0 Å². The number of nitrogens with zero attached hydrogens (tertiary/aromatic N) is 4. The van der Waals surface area contributed by atoms with E-state index in [4.69, 9.17) is 0 Å². The van der Waals surface area contributed by atoms with Gasteiger partial charge in [-0.05, 0) is 23.6 Å². The van der Waals surface area contributed by atoms with Gasteiger partial charge in [0.15, 0.2) is 0 Å². The van der Waals surface area contributed by atoms with Gasteiger partial charge in [-0.1, -0.05) is 24.3 Å². The van der Waals surface area contributed by atoms with Crippen molar-refractivity contribution >= 4 is 16.9 Å². The zero-order chi connectivity index (χ0) is 13.5. The zero-order valence-corrected chi connectivity index (χ0v) is 11.5. The average Bonchev–Trinajstić information content (AvgIpc) is 2.88. The molecule has 20 heavy (non-hydrogen) atoms. The average molecular weight is 264 g/mol. The van der Waals surface area contributed by atoms with Gasteiger partial charge < -0.3 is 9.47 Å². The molecule has 0 saturated carbocycles. The Bertz CT molecular complexity index is 775. The van der Waals surface area contributed by atoms with E-state index in [1.165, 1.54) is 11.1 Å². The van der Waals surface area contributed by atoms with Crippen molar-refractivity contribution in [2.45, 2.75) is 13.0 Å². The molecule has 0 amide bonds. The van der Waals surface area contributed by atoms with E-state index in [1.54, 1.807) is 6.33 Å². The van der Waals surface area contributed by atoms with Gasteiger partial charge in [0, 0.05) is 26.3 Å². The van der Waals surface area contributed by atoms with E-state index < -0.39 is 0 Å². The van der Waals surface area contributed by atoms with Crippen LogP contribution in [0.4, 0.5) is 5.82 Å². The lowest BCUT2D eigenvalue weighted by Crippen LogP contribution is -2.31. The normalized spacial score (nSPS) is 14.6. The maximum Gasteiger partial charge on any atom is 0.145 e. The van der Waals surface area contributed by atoms with Gasteiger partial charge in [0.25, 0.3) is 0 Å². The number of anilines is 1. The number of rotatable bonds is 1. The lowest BCUT2D eigenvalue weighted by Gasteiger charge is -2.30. The first-order valence-electron chi connectivity index (χ1n) is 6.91. The molecule has 0 unspecified atom stereocenters. The van der Waals surface area contributed by atoms with Crippen LogP contribution in [0.3, 0.4) is 0 Å². The lowest BCUT2D eigenvalue weighted by molar-refractivity contribution is 0.723. The Hall–Kier alpha value is -2.36. The molecule has 0 atom stereocenters. The van der Waals surface area contributed by atoms with Gasteiger partial charge in [0.2, 0.25) is 0 Å². The minimum Gasteiger partial charge on any atom is -0.351 e. The SMILES string of the molecule is Cn1ccc2c(N3CCc4ccccc4C3)ncnc21. The summed E-state index contributed by atoms with van der Waals surface area (Å²) in [6, 6.07) is 10.8. The van der Waals surface area contributed by atoms with E-state index in [1.807, 2.05) is 17.8 Å². The molecule has 1 aliphatic heterocycles. The van der Waals surface area contributed by atoms with Crippen molar-refractivity contribution in [1.29, 1.82) is 0 Å². The van der Waals surface area contributed by atoms with Gasteiger partial charge in [0.05, 0.1) is 5.39 Å². The summed E-state index contributed by atoms with van der Waals surface area (Å²) >= 11 is 0. The molecule has 0 bridgehead atoms. The molecule has 0 saturated heterocycles. The largest absolute Gasteiger partial charge is 0.351 e. The quantitative estimate of drug-likeness (QED) is 0.677. The van der Waals surface area contributed by atoms with Crippen LogP contribution in [0, 0.1) is 0 Å². The van der Waals surface area contributed by atoms with E-state index in [0.717, 1.165) is 36.4 Å². The van der Waals surface area contributed by atoms with Crippen molar-refractivity contribution in [1.82, 2.24) is 14.5 Å². The Morgan fingerprint density at radius 1 is 1.05 bits per heavy atom. The highest BCUT2D eigenvalue weighted by Gasteiger charge is 2.19. The summed E-state index contributed by atoms with van der Waals surface area (Å²) in [6.45, 7) is 1.94. The summed E-state index contributed by atoms with van der Waals surface area (Å²) in [5.74, 6) is 1.05. The van der Waals surface area contributed by atoms with Gasteiger partial charge in [0.1, 0.15) is 17.8 Å². The fourth-order valence-corrected chi connectivity index (χ4v) is 2.99. The van der Waals surface area contributed by atoms with Gasteiger partial charge >= 0.3 is 0 Å². The summed E-state index contributed by atoms with van der Waals surface area (Å²) < 4.78 is 2.04. The van der Waals surface area contributed by atoms with E-state index in [-0.39, 0.29) is 0 Å². The number of benzene rings is 1. The minimum atomic E-state index is 0.928. The topological polar surface area (TPSA) is 34.0 Å². The highest BCUT2D eigenvalue weighted by Crippen LogP contribution is 2.28. The molecular weight excluding hydrogens is 248 g/mol. The predicted molar refractivity (Wildman–Crippen MR) is 79.7 cm³/mol. The molecule has 0 radical (unpaired) electrons. The van der Waals surface area contributed by atoms with Crippen molar-refractivity contribution in [3.8, 4) is 0 Å². The van der Waals surface area contributed by atoms with Gasteiger partial charge in [-0.25, -0.2) is 9.97 Å². The van der Waals surface area contributed by atoms with Crippen LogP contribution in [0.15, 0.2) is 42.9 Å². The standard InChI is InChI=1S/C16H16N4/c1-19-8-7-14-15(19)17-11-18-16(14)20-9-6-12-4-2-3-5-13(12)10-20/h2-5,7-8,11H,6,9-10H2,1H3. The van der Waals surface area contributed by atoms with Crippen LogP contribution in [0.1, 0.15) is 11.1 Å². The summed E-state index contributed by atoms with van der Waals surface area (Å²) in [5.41, 5.74) is 3.86. The molecule has 4 heteroatoms. The number of hydrogen-bond acceptors (Lipinski definition) is 3. The molecule has 4 rings (SSSR count). The second kappa shape index (κ2) is 4.34. The zero-order valence-electron chi connectivity index (χ0n) is 11.5. The van der Waals surface area contributed by atoms with Gasteiger partial charge in [-0.15, -0.1) is 0 Å². The Kier molecular flexibility index (Phi) is 2.49. The summed E-state index contributed by atoms with van der Waals surface area (Å²) in [4.78, 5) is 11.2. The summed E-state index contributed by atoms with van der Waals surface area (Å²) in [7, 11) is 2.02. The third kappa shape index (κ3) is 1.68. The Labute approximate surface area is 117 Å². The lowest BCUT2D eigenvalue weighted by atomic mass is 10.00. The van der Waals surface area contributed by atoms with Crippen LogP contribution >= 0.6 is 0 Å². The Morgan fingerprint density at radius 2 is 1.90 bits per heavy atom. The highest BCUT2D eigenvalue weighted by molar-refractivity contribution is 5.87. The monoisotopic (exact) mass is 264 g/mol. The molecule has 0 aliphatic carbocycles. The third-order valence-electron chi connectivity index (χ3n) is 4.07. The molecule has 2 aromatic heterocycles. The van der Waals surface area contributed by atoms with E-state index in [0.29, 0.717) is 0 Å². The van der Waals surface area contributed by atoms with Crippen LogP contribution < -0.4 is 4.90 Å². The third-order valence-corrected chi connectivity index (χ3v) is 4.07. The molecule has 0 spiro atoms. The van der Waals surface area contributed by atoms with Crippen LogP contribution in [-0.4, -0.2) is 21.1 Å². The Balaban J connectivity index is 1.78. The van der Waals surface area contributed by atoms with Gasteiger partial charge in [-0.2, -0.15) is 0 Å². The molecule has 1 aliphatic rings. The Morgan fingerprint density at radius 3 is 2.80 bits per heavy atom. The van der Waals surface area contributed by atoms with Crippen molar-refractivity contribution < 1.29 is 0 Å². The molecule has 3 aromatic rings. The molecule has 4 nitrogen and oxygen atoms in total. The van der Waals surface area contributed by atoms with Gasteiger partial charge in [-0.3, -0.25) is 0 Å².